The van der Waals surface area contributed by atoms with Crippen molar-refractivity contribution in [2.24, 2.45) is 0 Å². The van der Waals surface area contributed by atoms with Crippen molar-refractivity contribution in [1.29, 1.82) is 0 Å². The van der Waals surface area contributed by atoms with Crippen molar-refractivity contribution in [3.05, 3.63) is 38.9 Å². The zero-order valence-electron chi connectivity index (χ0n) is 15.4. The van der Waals surface area contributed by atoms with Crippen molar-refractivity contribution in [1.82, 2.24) is 15.2 Å². The Morgan fingerprint density at radius 1 is 1.43 bits per heavy atom. The number of thioether (sulfide) groups is 2. The number of hydrogen-bond acceptors (Lipinski definition) is 8. The molecule has 3 heterocycles. The van der Waals surface area contributed by atoms with Gasteiger partial charge in [0.2, 0.25) is 11.8 Å². The van der Waals surface area contributed by atoms with Crippen LogP contribution in [0.4, 0.5) is 5.13 Å². The number of carbonyl (C=O) groups excluding carboxylic acids is 2. The first-order chi connectivity index (χ1) is 14.3. The summed E-state index contributed by atoms with van der Waals surface area (Å²) in [6, 6.07) is 7.46. The minimum atomic E-state index is -1.42. The van der Waals surface area contributed by atoms with E-state index < -0.39 is 16.1 Å². The molecule has 0 saturated carbocycles. The molecule has 0 spiro atoms. The number of rotatable bonds is 6. The van der Waals surface area contributed by atoms with Crippen molar-refractivity contribution < 1.29 is 19.5 Å². The second kappa shape index (κ2) is 8.55. The van der Waals surface area contributed by atoms with Crippen LogP contribution in [-0.2, 0) is 20.8 Å². The molecule has 1 aromatic heterocycles. The van der Waals surface area contributed by atoms with Crippen LogP contribution in [-0.4, -0.2) is 54.8 Å². The van der Waals surface area contributed by atoms with E-state index in [-0.39, 0.29) is 30.2 Å². The third kappa shape index (κ3) is 4.14. The molecule has 0 bridgehead atoms. The number of benzene rings is 1. The molecule has 158 valence electrons. The van der Waals surface area contributed by atoms with Gasteiger partial charge in [-0.15, -0.1) is 34.9 Å². The van der Waals surface area contributed by atoms with Crippen molar-refractivity contribution in [2.45, 2.75) is 33.2 Å². The average Bonchev–Trinajstić information content (AvgIpc) is 3.09. The van der Waals surface area contributed by atoms with Crippen molar-refractivity contribution in [3.63, 3.8) is 0 Å². The average molecular weight is 576 g/mol. The Balaban J connectivity index is 1.62. The molecule has 30 heavy (non-hydrogen) atoms. The monoisotopic (exact) mass is 576 g/mol. The Kier molecular flexibility index (Phi) is 6.19. The Morgan fingerprint density at radius 3 is 2.83 bits per heavy atom. The molecular formula is C18H17IN4O4S3. The standard InChI is InChI=1S/C18H17IN4O4S3/c19-10-3-1-2-4-11(10)30-18(16(26)27)8-23-13(25)6-14(23)29-15(18)22-12(24)5-9-7-28-17(20)21-9/h1-4,7,14-15H,5-6,8H2,(H2,20,21)(H,22,24)(H,26,27)/t14-,15?,18?/m1/s1. The number of nitrogens with two attached hydrogens (primary N) is 1. The van der Waals surface area contributed by atoms with E-state index in [1.165, 1.54) is 34.9 Å². The summed E-state index contributed by atoms with van der Waals surface area (Å²) < 4.78 is -0.513. The number of halogens is 1. The summed E-state index contributed by atoms with van der Waals surface area (Å²) in [6.45, 7) is 0.0308. The number of aromatic nitrogens is 1. The van der Waals surface area contributed by atoms with E-state index in [9.17, 15) is 19.5 Å². The summed E-state index contributed by atoms with van der Waals surface area (Å²) >= 11 is 5.90. The fourth-order valence-corrected chi connectivity index (χ4v) is 7.53. The molecule has 0 radical (unpaired) electrons. The third-order valence-electron chi connectivity index (χ3n) is 4.83. The predicted octanol–water partition coefficient (Wildman–Crippen LogP) is 2.24. The number of carboxylic acids is 1. The number of nitrogens with one attached hydrogen (secondary N) is 1. The van der Waals surface area contributed by atoms with Gasteiger partial charge < -0.3 is 21.1 Å². The number of β-lactam (4-membered cyclic amide) rings is 1. The quantitative estimate of drug-likeness (QED) is 0.353. The van der Waals surface area contributed by atoms with Gasteiger partial charge in [0.25, 0.3) is 0 Å². The number of carboxylic acid groups (broad SMARTS) is 1. The van der Waals surface area contributed by atoms with Gasteiger partial charge in [0, 0.05) is 13.8 Å². The number of nitrogens with zero attached hydrogens (tertiary/aromatic N) is 2. The molecule has 1 aromatic carbocycles. The highest BCUT2D eigenvalue weighted by Gasteiger charge is 2.58. The van der Waals surface area contributed by atoms with Gasteiger partial charge in [0.05, 0.1) is 30.5 Å². The fourth-order valence-electron chi connectivity index (χ4n) is 3.29. The van der Waals surface area contributed by atoms with Crippen LogP contribution in [0.25, 0.3) is 0 Å². The lowest BCUT2D eigenvalue weighted by molar-refractivity contribution is -0.147. The largest absolute Gasteiger partial charge is 0.480 e. The van der Waals surface area contributed by atoms with Gasteiger partial charge in [0.15, 0.2) is 9.88 Å². The molecule has 2 saturated heterocycles. The molecule has 3 atom stereocenters. The first-order valence-corrected chi connectivity index (χ1v) is 12.6. The molecular weight excluding hydrogens is 559 g/mol. The van der Waals surface area contributed by atoms with Gasteiger partial charge >= 0.3 is 5.97 Å². The van der Waals surface area contributed by atoms with E-state index in [2.05, 4.69) is 32.9 Å². The molecule has 2 aromatic rings. The lowest BCUT2D eigenvalue weighted by Crippen LogP contribution is -2.69. The van der Waals surface area contributed by atoms with Gasteiger partial charge in [-0.25, -0.2) is 4.98 Å². The van der Waals surface area contributed by atoms with Crippen molar-refractivity contribution >= 4 is 80.4 Å². The zero-order valence-corrected chi connectivity index (χ0v) is 20.0. The molecule has 12 heteroatoms. The number of carbonyl (C=O) groups is 3. The lowest BCUT2D eigenvalue weighted by Gasteiger charge is -2.53. The maximum Gasteiger partial charge on any atom is 0.325 e. The summed E-state index contributed by atoms with van der Waals surface area (Å²) in [5.74, 6) is -1.46. The van der Waals surface area contributed by atoms with Crippen LogP contribution in [0.15, 0.2) is 34.5 Å². The van der Waals surface area contributed by atoms with Crippen LogP contribution in [0.5, 0.6) is 0 Å². The Bertz CT molecular complexity index is 1020. The summed E-state index contributed by atoms with van der Waals surface area (Å²) in [4.78, 5) is 43.8. The number of thiazole rings is 1. The number of nitrogen functional groups attached to an aromatic ring is 1. The van der Waals surface area contributed by atoms with E-state index in [0.717, 1.165) is 8.47 Å². The van der Waals surface area contributed by atoms with E-state index in [0.29, 0.717) is 17.2 Å². The second-order valence-electron chi connectivity index (χ2n) is 6.85. The molecule has 4 rings (SSSR count). The van der Waals surface area contributed by atoms with E-state index in [1.807, 2.05) is 24.3 Å². The van der Waals surface area contributed by atoms with Gasteiger partial charge in [-0.1, -0.05) is 12.1 Å². The SMILES string of the molecule is Nc1nc(CC(=O)NC2S[C@@H]3CC(=O)N3CC2(Sc2ccccc2I)C(=O)O)cs1. The molecule has 2 fully saturated rings. The number of anilines is 1. The Labute approximate surface area is 198 Å². The van der Waals surface area contributed by atoms with Crippen molar-refractivity contribution in [2.75, 3.05) is 12.3 Å². The molecule has 0 aliphatic carbocycles. The summed E-state index contributed by atoms with van der Waals surface area (Å²) in [7, 11) is 0. The highest BCUT2D eigenvalue weighted by molar-refractivity contribution is 14.1. The number of fused-ring (bicyclic) bond motifs is 1. The van der Waals surface area contributed by atoms with Crippen molar-refractivity contribution in [3.8, 4) is 0 Å². The summed E-state index contributed by atoms with van der Waals surface area (Å²) in [5, 5.41) is 14.4. The minimum Gasteiger partial charge on any atom is -0.480 e. The van der Waals surface area contributed by atoms with Gasteiger partial charge in [-0.2, -0.15) is 0 Å². The molecule has 2 aliphatic rings. The van der Waals surface area contributed by atoms with E-state index >= 15 is 0 Å². The summed E-state index contributed by atoms with van der Waals surface area (Å²) in [5.41, 5.74) is 6.17. The topological polar surface area (TPSA) is 126 Å². The van der Waals surface area contributed by atoms with Crippen LogP contribution in [0, 0.1) is 3.57 Å². The minimum absolute atomic E-state index is 0.0152. The maximum absolute atomic E-state index is 12.7. The number of amides is 2. The third-order valence-corrected chi connectivity index (χ3v) is 10.0. The highest BCUT2D eigenvalue weighted by atomic mass is 127. The van der Waals surface area contributed by atoms with Crippen LogP contribution in [0.2, 0.25) is 0 Å². The predicted molar refractivity (Wildman–Crippen MR) is 125 cm³/mol. The van der Waals surface area contributed by atoms with Crippen LogP contribution < -0.4 is 11.1 Å². The van der Waals surface area contributed by atoms with Gasteiger partial charge in [0.1, 0.15) is 5.37 Å². The Morgan fingerprint density at radius 2 is 2.20 bits per heavy atom. The van der Waals surface area contributed by atoms with Crippen LogP contribution in [0.3, 0.4) is 0 Å². The van der Waals surface area contributed by atoms with Crippen LogP contribution >= 0.6 is 57.5 Å². The number of aliphatic carboxylic acids is 1. The van der Waals surface area contributed by atoms with E-state index in [1.54, 1.807) is 10.3 Å². The highest BCUT2D eigenvalue weighted by Crippen LogP contribution is 2.50. The maximum atomic E-state index is 12.7. The summed E-state index contributed by atoms with van der Waals surface area (Å²) in [6.07, 6.45) is 0.365. The first-order valence-electron chi connectivity index (χ1n) is 8.89. The smallest absolute Gasteiger partial charge is 0.325 e. The molecule has 2 unspecified atom stereocenters. The molecule has 8 nitrogen and oxygen atoms in total. The lowest BCUT2D eigenvalue weighted by atomic mass is 10.0. The molecule has 2 amide bonds. The first kappa shape index (κ1) is 21.7. The Hall–Kier alpha value is -1.51. The van der Waals surface area contributed by atoms with Gasteiger partial charge in [-0.05, 0) is 34.7 Å². The normalized spacial score (nSPS) is 25.4. The molecule has 2 aliphatic heterocycles. The van der Waals surface area contributed by atoms with Crippen LogP contribution in [0.1, 0.15) is 12.1 Å². The molecule has 4 N–H and O–H groups in total. The van der Waals surface area contributed by atoms with E-state index in [4.69, 9.17) is 5.73 Å². The zero-order chi connectivity index (χ0) is 21.5. The fraction of sp³-hybridized carbons (Fsp3) is 0.333. The van der Waals surface area contributed by atoms with Gasteiger partial charge in [-0.3, -0.25) is 14.4 Å². The number of hydrogen-bond donors (Lipinski definition) is 3. The second-order valence-corrected chi connectivity index (χ2v) is 11.6.